The molecule has 0 amide bonds. The van der Waals surface area contributed by atoms with Gasteiger partial charge in [0.25, 0.3) is 0 Å². The van der Waals surface area contributed by atoms with Crippen LogP contribution in [0, 0.1) is 10.1 Å². The number of hydrogen-bond donors (Lipinski definition) is 2. The van der Waals surface area contributed by atoms with Gasteiger partial charge in [-0.05, 0) is 26.2 Å². The first-order valence-electron chi connectivity index (χ1n) is 5.92. The van der Waals surface area contributed by atoms with Crippen molar-refractivity contribution >= 4 is 5.84 Å². The first-order valence-corrected chi connectivity index (χ1v) is 5.92. The number of rotatable bonds is 2. The van der Waals surface area contributed by atoms with Gasteiger partial charge in [0, 0.05) is 20.1 Å². The monoisotopic (exact) mass is 256 g/mol. The Hall–Kier alpha value is -1.63. The van der Waals surface area contributed by atoms with Gasteiger partial charge in [0.2, 0.25) is 5.84 Å². The van der Waals surface area contributed by atoms with Crippen molar-refractivity contribution in [2.45, 2.75) is 31.8 Å². The molecular formula is C11H20N4O3. The number of nitro groups is 1. The van der Waals surface area contributed by atoms with Crippen molar-refractivity contribution in [2.75, 3.05) is 20.1 Å². The summed E-state index contributed by atoms with van der Waals surface area (Å²) in [5, 5.41) is 20.9. The van der Waals surface area contributed by atoms with Crippen LogP contribution in [0.25, 0.3) is 0 Å². The van der Waals surface area contributed by atoms with Crippen LogP contribution < -0.4 is 5.73 Å². The first kappa shape index (κ1) is 14.4. The largest absolute Gasteiger partial charge is 0.399 e. The number of amidine groups is 1. The van der Waals surface area contributed by atoms with Gasteiger partial charge >= 0.3 is 5.70 Å². The normalized spacial score (nSPS) is 26.9. The van der Waals surface area contributed by atoms with Crippen LogP contribution in [0.2, 0.25) is 0 Å². The Bertz CT molecular complexity index is 376. The summed E-state index contributed by atoms with van der Waals surface area (Å²) in [4.78, 5) is 16.1. The molecule has 0 aromatic rings. The van der Waals surface area contributed by atoms with Crippen LogP contribution in [0.4, 0.5) is 0 Å². The predicted molar refractivity (Wildman–Crippen MR) is 68.7 cm³/mol. The van der Waals surface area contributed by atoms with Crippen LogP contribution in [0.15, 0.2) is 16.9 Å². The van der Waals surface area contributed by atoms with Crippen molar-refractivity contribution in [3.05, 3.63) is 22.0 Å². The van der Waals surface area contributed by atoms with Crippen LogP contribution in [0.3, 0.4) is 0 Å². The fraction of sp³-hybridized carbons (Fsp3) is 0.727. The third-order valence-corrected chi connectivity index (χ3v) is 3.16. The molecule has 1 fully saturated rings. The van der Waals surface area contributed by atoms with E-state index in [9.17, 15) is 15.2 Å². The Balaban J connectivity index is 2.88. The van der Waals surface area contributed by atoms with Crippen molar-refractivity contribution in [3.63, 3.8) is 0 Å². The zero-order chi connectivity index (χ0) is 13.8. The van der Waals surface area contributed by atoms with Gasteiger partial charge in [0.1, 0.15) is 0 Å². The van der Waals surface area contributed by atoms with Gasteiger partial charge in [-0.1, -0.05) is 0 Å². The molecule has 1 heterocycles. The van der Waals surface area contributed by atoms with E-state index >= 15 is 0 Å². The van der Waals surface area contributed by atoms with Crippen molar-refractivity contribution in [1.82, 2.24) is 4.90 Å². The average Bonchev–Trinajstić information content (AvgIpc) is 2.46. The molecular weight excluding hydrogens is 236 g/mol. The molecule has 0 spiro atoms. The Morgan fingerprint density at radius 3 is 2.72 bits per heavy atom. The van der Waals surface area contributed by atoms with Crippen molar-refractivity contribution < 1.29 is 10.0 Å². The molecule has 7 heteroatoms. The zero-order valence-electron chi connectivity index (χ0n) is 10.8. The Kier molecular flexibility index (Phi) is 4.66. The number of likely N-dealkylation sites (tertiary alicyclic amines) is 1. The fourth-order valence-corrected chi connectivity index (χ4v) is 2.11. The maximum atomic E-state index is 10.9. The van der Waals surface area contributed by atoms with E-state index in [1.165, 1.54) is 7.05 Å². The molecule has 0 bridgehead atoms. The Morgan fingerprint density at radius 1 is 1.56 bits per heavy atom. The summed E-state index contributed by atoms with van der Waals surface area (Å²) in [6.07, 6.45) is 2.97. The van der Waals surface area contributed by atoms with Gasteiger partial charge in [0.15, 0.2) is 0 Å². The lowest BCUT2D eigenvalue weighted by atomic mass is 9.98. The topological polar surface area (TPSA) is 105 Å². The van der Waals surface area contributed by atoms with Crippen LogP contribution in [-0.4, -0.2) is 46.5 Å². The van der Waals surface area contributed by atoms with Gasteiger partial charge in [0.05, 0.1) is 16.7 Å². The lowest BCUT2D eigenvalue weighted by Gasteiger charge is -2.23. The highest BCUT2D eigenvalue weighted by molar-refractivity contribution is 5.95. The first-order chi connectivity index (χ1) is 8.41. The lowest BCUT2D eigenvalue weighted by molar-refractivity contribution is -0.416. The van der Waals surface area contributed by atoms with E-state index < -0.39 is 10.5 Å². The zero-order valence-corrected chi connectivity index (χ0v) is 10.8. The minimum atomic E-state index is -0.713. The smallest absolute Gasteiger partial charge is 0.326 e. The number of hydrogen-bond acceptors (Lipinski definition) is 5. The quantitative estimate of drug-likeness (QED) is 0.320. The van der Waals surface area contributed by atoms with E-state index in [2.05, 4.69) is 4.99 Å². The third kappa shape index (κ3) is 3.43. The predicted octanol–water partition coefficient (Wildman–Crippen LogP) is 0.328. The van der Waals surface area contributed by atoms with Gasteiger partial charge in [-0.15, -0.1) is 0 Å². The maximum absolute atomic E-state index is 10.9. The molecule has 3 N–H and O–H groups in total. The Morgan fingerprint density at radius 2 is 2.22 bits per heavy atom. The average molecular weight is 256 g/mol. The highest BCUT2D eigenvalue weighted by Gasteiger charge is 2.30. The number of nitrogens with two attached hydrogens (primary N) is 1. The van der Waals surface area contributed by atoms with Crippen LogP contribution in [0.1, 0.15) is 26.2 Å². The summed E-state index contributed by atoms with van der Waals surface area (Å²) in [6.45, 7) is 2.95. The molecule has 0 radical (unpaired) electrons. The molecule has 0 aromatic carbocycles. The molecule has 7 nitrogen and oxygen atoms in total. The second-order valence-electron chi connectivity index (χ2n) is 4.69. The summed E-state index contributed by atoms with van der Waals surface area (Å²) in [6, 6.07) is 0. The van der Waals surface area contributed by atoms with Crippen molar-refractivity contribution in [2.24, 2.45) is 10.7 Å². The van der Waals surface area contributed by atoms with Gasteiger partial charge < -0.3 is 15.7 Å². The van der Waals surface area contributed by atoms with Crippen LogP contribution in [-0.2, 0) is 0 Å². The summed E-state index contributed by atoms with van der Waals surface area (Å²) in [7, 11) is 1.51. The molecule has 0 aromatic heterocycles. The van der Waals surface area contributed by atoms with E-state index in [-0.39, 0.29) is 11.5 Å². The van der Waals surface area contributed by atoms with Crippen LogP contribution in [0.5, 0.6) is 0 Å². The molecule has 0 saturated carbocycles. The summed E-state index contributed by atoms with van der Waals surface area (Å²) >= 11 is 0. The summed E-state index contributed by atoms with van der Waals surface area (Å²) in [5.74, 6) is 0.278. The van der Waals surface area contributed by atoms with Crippen LogP contribution >= 0.6 is 0 Å². The number of nitrogens with zero attached hydrogens (tertiary/aromatic N) is 3. The summed E-state index contributed by atoms with van der Waals surface area (Å²) < 4.78 is 0. The maximum Gasteiger partial charge on any atom is 0.326 e. The number of aliphatic imine (C=N–C) groups is 1. The van der Waals surface area contributed by atoms with E-state index in [0.717, 1.165) is 12.6 Å². The highest BCUT2D eigenvalue weighted by atomic mass is 16.6. The highest BCUT2D eigenvalue weighted by Crippen LogP contribution is 2.22. The molecule has 1 aliphatic rings. The molecule has 18 heavy (non-hydrogen) atoms. The number of aliphatic hydroxyl groups is 1. The molecule has 1 saturated heterocycles. The van der Waals surface area contributed by atoms with E-state index in [1.807, 2.05) is 4.90 Å². The lowest BCUT2D eigenvalue weighted by Crippen LogP contribution is -2.36. The second kappa shape index (κ2) is 5.81. The molecule has 1 unspecified atom stereocenters. The van der Waals surface area contributed by atoms with Gasteiger partial charge in [-0.3, -0.25) is 15.1 Å². The molecule has 102 valence electrons. The Labute approximate surface area is 106 Å². The SMILES string of the molecule is CN=C(/C(=C\N)[N+](=O)[O-])N1CCCC(C)(O)CC1. The fourth-order valence-electron chi connectivity index (χ4n) is 2.11. The second-order valence-corrected chi connectivity index (χ2v) is 4.69. The van der Waals surface area contributed by atoms with Gasteiger partial charge in [-0.2, -0.15) is 0 Å². The molecule has 1 rings (SSSR count). The van der Waals surface area contributed by atoms with E-state index in [1.54, 1.807) is 6.92 Å². The van der Waals surface area contributed by atoms with Crippen molar-refractivity contribution in [3.8, 4) is 0 Å². The third-order valence-electron chi connectivity index (χ3n) is 3.16. The molecule has 1 aliphatic heterocycles. The van der Waals surface area contributed by atoms with E-state index in [0.29, 0.717) is 25.9 Å². The minimum absolute atomic E-state index is 0.195. The minimum Gasteiger partial charge on any atom is -0.399 e. The summed E-state index contributed by atoms with van der Waals surface area (Å²) in [5.41, 5.74) is 4.38. The van der Waals surface area contributed by atoms with Crippen molar-refractivity contribution in [1.29, 1.82) is 0 Å². The standard InChI is InChI=1S/C11H20N4O3/c1-11(16)4-3-6-14(7-5-11)10(13-2)9(8-12)15(17)18/h8,16H,3-7,12H2,1-2H3/b9-8+,13-10?. The molecule has 0 aliphatic carbocycles. The van der Waals surface area contributed by atoms with Gasteiger partial charge in [-0.25, -0.2) is 0 Å². The molecule has 1 atom stereocenters. The van der Waals surface area contributed by atoms with E-state index in [4.69, 9.17) is 5.73 Å².